The van der Waals surface area contributed by atoms with Gasteiger partial charge in [-0.1, -0.05) is 12.1 Å². The summed E-state index contributed by atoms with van der Waals surface area (Å²) in [6, 6.07) is 4.89. The van der Waals surface area contributed by atoms with Gasteiger partial charge in [-0.25, -0.2) is 0 Å². The molecule has 1 aliphatic heterocycles. The minimum absolute atomic E-state index is 0.447. The summed E-state index contributed by atoms with van der Waals surface area (Å²) >= 11 is 0. The molecule has 3 nitrogen and oxygen atoms in total. The minimum Gasteiger partial charge on any atom is -0.379 e. The number of hydrogen-bond donors (Lipinski definition) is 0. The third-order valence-electron chi connectivity index (χ3n) is 4.25. The highest BCUT2D eigenvalue weighted by Crippen LogP contribution is 2.38. The van der Waals surface area contributed by atoms with Gasteiger partial charge in [-0.05, 0) is 52.3 Å². The van der Waals surface area contributed by atoms with Crippen LogP contribution >= 0.6 is 0 Å². The normalized spacial score (nSPS) is 21.9. The van der Waals surface area contributed by atoms with Gasteiger partial charge < -0.3 is 14.0 Å². The Hall–Kier alpha value is -1.05. The third kappa shape index (κ3) is 3.47. The summed E-state index contributed by atoms with van der Waals surface area (Å²) in [5, 5.41) is 0. The van der Waals surface area contributed by atoms with Crippen LogP contribution in [0, 0.1) is 0 Å². The molecule has 0 amide bonds. The van der Waals surface area contributed by atoms with Crippen LogP contribution in [0.2, 0.25) is 0 Å². The van der Waals surface area contributed by atoms with Crippen molar-refractivity contribution in [3.8, 4) is 0 Å². The van der Waals surface area contributed by atoms with Crippen molar-refractivity contribution < 1.29 is 27.1 Å². The summed E-state index contributed by atoms with van der Waals surface area (Å²) < 4.78 is 54.7. The van der Waals surface area contributed by atoms with Gasteiger partial charge in [-0.3, -0.25) is 0 Å². The summed E-state index contributed by atoms with van der Waals surface area (Å²) in [5.41, 5.74) is -1.09. The molecule has 7 heteroatoms. The summed E-state index contributed by atoms with van der Waals surface area (Å²) in [4.78, 5) is 0. The number of halogens is 3. The van der Waals surface area contributed by atoms with Crippen LogP contribution < -0.4 is 0 Å². The fraction of sp³-hybridized carbons (Fsp3) is 0.600. The van der Waals surface area contributed by atoms with E-state index < -0.39 is 36.4 Å². The second kappa shape index (κ2) is 5.55. The van der Waals surface area contributed by atoms with Crippen molar-refractivity contribution in [3.63, 3.8) is 0 Å². The van der Waals surface area contributed by atoms with Gasteiger partial charge in [-0.15, -0.1) is 0 Å². The molecule has 1 aromatic rings. The van der Waals surface area contributed by atoms with E-state index in [1.165, 1.54) is 12.1 Å². The zero-order valence-corrected chi connectivity index (χ0v) is 13.3. The van der Waals surface area contributed by atoms with E-state index in [-0.39, 0.29) is 0 Å². The van der Waals surface area contributed by atoms with Gasteiger partial charge in [0.15, 0.2) is 0 Å². The Bertz CT molecular complexity index is 510. The summed E-state index contributed by atoms with van der Waals surface area (Å²) in [6.07, 6.45) is -4.79. The van der Waals surface area contributed by atoms with E-state index in [0.29, 0.717) is 5.56 Å². The lowest BCUT2D eigenvalue weighted by Crippen LogP contribution is -2.41. The monoisotopic (exact) mass is 316 g/mol. The predicted octanol–water partition coefficient (Wildman–Crippen LogP) is 4.37. The van der Waals surface area contributed by atoms with Crippen molar-refractivity contribution >= 4 is 7.32 Å². The van der Waals surface area contributed by atoms with E-state index in [4.69, 9.17) is 14.0 Å². The first-order valence-corrected chi connectivity index (χ1v) is 7.11. The van der Waals surface area contributed by atoms with E-state index in [2.05, 4.69) is 0 Å². The van der Waals surface area contributed by atoms with Gasteiger partial charge in [0.25, 0.3) is 0 Å². The molecule has 1 unspecified atom stereocenters. The zero-order valence-electron chi connectivity index (χ0n) is 13.3. The quantitative estimate of drug-likeness (QED) is 0.775. The Morgan fingerprint density at radius 1 is 1.00 bits per heavy atom. The van der Waals surface area contributed by atoms with Gasteiger partial charge >= 0.3 is 13.5 Å². The van der Waals surface area contributed by atoms with Crippen LogP contribution in [0.5, 0.6) is 0 Å². The molecule has 1 aliphatic rings. The smallest absolute Gasteiger partial charge is 0.379 e. The number of rotatable bonds is 3. The van der Waals surface area contributed by atoms with Crippen LogP contribution in [0.15, 0.2) is 24.3 Å². The van der Waals surface area contributed by atoms with Crippen molar-refractivity contribution in [2.75, 3.05) is 0 Å². The van der Waals surface area contributed by atoms with E-state index in [9.17, 15) is 13.2 Å². The SMILES string of the molecule is CC(OB1OC(C)(C)C(C)(C)O1)c1ccc(C(F)(F)F)cc1. The van der Waals surface area contributed by atoms with Gasteiger partial charge in [-0.2, -0.15) is 13.2 Å². The Morgan fingerprint density at radius 3 is 1.86 bits per heavy atom. The molecular weight excluding hydrogens is 296 g/mol. The van der Waals surface area contributed by atoms with Gasteiger partial charge in [0.05, 0.1) is 22.9 Å². The number of hydrogen-bond acceptors (Lipinski definition) is 3. The molecule has 0 aromatic heterocycles. The van der Waals surface area contributed by atoms with E-state index in [1.807, 2.05) is 27.7 Å². The molecule has 1 saturated heterocycles. The Morgan fingerprint density at radius 2 is 1.45 bits per heavy atom. The molecule has 0 spiro atoms. The highest BCUT2D eigenvalue weighted by molar-refractivity contribution is 6.37. The van der Waals surface area contributed by atoms with E-state index in [1.54, 1.807) is 6.92 Å². The fourth-order valence-electron chi connectivity index (χ4n) is 2.03. The van der Waals surface area contributed by atoms with Gasteiger partial charge in [0, 0.05) is 0 Å². The average Bonchev–Trinajstić information content (AvgIpc) is 2.56. The number of benzene rings is 1. The molecule has 0 saturated carbocycles. The number of alkyl halides is 3. The van der Waals surface area contributed by atoms with Crippen molar-refractivity contribution in [1.29, 1.82) is 0 Å². The molecule has 1 aromatic carbocycles. The lowest BCUT2D eigenvalue weighted by atomic mass is 9.90. The van der Waals surface area contributed by atoms with Crippen LogP contribution in [0.25, 0.3) is 0 Å². The molecule has 0 aliphatic carbocycles. The third-order valence-corrected chi connectivity index (χ3v) is 4.25. The standard InChI is InChI=1S/C15H20BF3O3/c1-10(11-6-8-12(9-7-11)15(17,18)19)20-16-21-13(2,3)14(4,5)22-16/h6-10H,1-5H3. The Labute approximate surface area is 128 Å². The molecule has 1 fully saturated rings. The Balaban J connectivity index is 2.03. The van der Waals surface area contributed by atoms with Gasteiger partial charge in [0.1, 0.15) is 0 Å². The van der Waals surface area contributed by atoms with Crippen molar-refractivity contribution in [2.45, 2.75) is 58.1 Å². The molecule has 122 valence electrons. The van der Waals surface area contributed by atoms with Crippen LogP contribution in [0.3, 0.4) is 0 Å². The molecule has 1 atom stereocenters. The van der Waals surface area contributed by atoms with E-state index >= 15 is 0 Å². The minimum atomic E-state index is -4.34. The zero-order chi connectivity index (χ0) is 16.8. The first kappa shape index (κ1) is 17.3. The predicted molar refractivity (Wildman–Crippen MR) is 77.0 cm³/mol. The molecule has 22 heavy (non-hydrogen) atoms. The maximum absolute atomic E-state index is 12.5. The summed E-state index contributed by atoms with van der Waals surface area (Å²) in [6.45, 7) is 9.35. The largest absolute Gasteiger partial charge is 0.640 e. The maximum Gasteiger partial charge on any atom is 0.640 e. The molecule has 2 rings (SSSR count). The van der Waals surface area contributed by atoms with Crippen LogP contribution in [0.1, 0.15) is 51.8 Å². The van der Waals surface area contributed by atoms with Crippen molar-refractivity contribution in [1.82, 2.24) is 0 Å². The highest BCUT2D eigenvalue weighted by Gasteiger charge is 2.53. The molecular formula is C15H20BF3O3. The first-order chi connectivity index (χ1) is 9.92. The molecule has 0 radical (unpaired) electrons. The highest BCUT2D eigenvalue weighted by atomic mass is 19.4. The Kier molecular flexibility index (Phi) is 4.36. The maximum atomic E-state index is 12.5. The molecule has 0 bridgehead atoms. The molecule has 0 N–H and O–H groups in total. The van der Waals surface area contributed by atoms with Crippen LogP contribution in [-0.4, -0.2) is 18.5 Å². The van der Waals surface area contributed by atoms with Gasteiger partial charge in [0.2, 0.25) is 0 Å². The fourth-order valence-corrected chi connectivity index (χ4v) is 2.03. The first-order valence-electron chi connectivity index (χ1n) is 7.11. The summed E-state index contributed by atoms with van der Waals surface area (Å²) in [7, 11) is -0.845. The van der Waals surface area contributed by atoms with Crippen LogP contribution in [-0.2, 0) is 20.1 Å². The second-order valence-electron chi connectivity index (χ2n) is 6.44. The van der Waals surface area contributed by atoms with E-state index in [0.717, 1.165) is 12.1 Å². The topological polar surface area (TPSA) is 27.7 Å². The van der Waals surface area contributed by atoms with Crippen molar-refractivity contribution in [3.05, 3.63) is 35.4 Å². The average molecular weight is 316 g/mol. The lowest BCUT2D eigenvalue weighted by molar-refractivity contribution is -0.137. The van der Waals surface area contributed by atoms with Crippen LogP contribution in [0.4, 0.5) is 13.2 Å². The molecule has 1 heterocycles. The second-order valence-corrected chi connectivity index (χ2v) is 6.44. The summed E-state index contributed by atoms with van der Waals surface area (Å²) in [5.74, 6) is 0. The van der Waals surface area contributed by atoms with Crippen molar-refractivity contribution in [2.24, 2.45) is 0 Å². The lowest BCUT2D eigenvalue weighted by Gasteiger charge is -2.31.